The van der Waals surface area contributed by atoms with Crippen molar-refractivity contribution in [1.82, 2.24) is 20.2 Å². The second-order valence-electron chi connectivity index (χ2n) is 7.42. The van der Waals surface area contributed by atoms with Crippen molar-refractivity contribution in [2.45, 2.75) is 13.5 Å². The van der Waals surface area contributed by atoms with Crippen molar-refractivity contribution in [2.24, 2.45) is 0 Å². The van der Waals surface area contributed by atoms with Gasteiger partial charge in [0.05, 0.1) is 11.3 Å². The molecule has 2 amide bonds. The number of nitrogens with zero attached hydrogens (tertiary/aromatic N) is 2. The van der Waals surface area contributed by atoms with Gasteiger partial charge in [-0.2, -0.15) is 0 Å². The maximum atomic E-state index is 12.7. The third-order valence-corrected chi connectivity index (χ3v) is 5.16. The average molecular weight is 444 g/mol. The van der Waals surface area contributed by atoms with Gasteiger partial charge in [-0.25, -0.2) is 4.98 Å². The van der Waals surface area contributed by atoms with Crippen LogP contribution in [0.2, 0.25) is 0 Å². The third-order valence-electron chi connectivity index (χ3n) is 5.16. The summed E-state index contributed by atoms with van der Waals surface area (Å²) in [6, 6.07) is 15.5. The van der Waals surface area contributed by atoms with Gasteiger partial charge >= 0.3 is 0 Å². The number of aryl methyl sites for hydroxylation is 1. The third kappa shape index (κ3) is 4.16. The normalized spacial score (nSPS) is 11.9. The summed E-state index contributed by atoms with van der Waals surface area (Å²) in [6.45, 7) is 2.29. The highest BCUT2D eigenvalue weighted by atomic mass is 16.7. The van der Waals surface area contributed by atoms with Crippen LogP contribution in [-0.4, -0.2) is 28.0 Å². The molecule has 0 atom stereocenters. The van der Waals surface area contributed by atoms with Gasteiger partial charge in [-0.3, -0.25) is 20.4 Å². The number of carbonyl (C=O) groups excluding carboxylic acids is 2. The topological polar surface area (TPSA) is 103 Å². The van der Waals surface area contributed by atoms with Crippen molar-refractivity contribution < 1.29 is 23.8 Å². The first kappa shape index (κ1) is 20.4. The molecule has 0 fully saturated rings. The minimum absolute atomic E-state index is 0.114. The first-order chi connectivity index (χ1) is 16.1. The SMILES string of the molecule is Cc1cccn2cc(COc3ccccc3C(=O)NNC(=O)c3ccc4c(c3)OCO4)nc12. The molecule has 1 aliphatic heterocycles. The molecule has 0 bridgehead atoms. The second-order valence-corrected chi connectivity index (χ2v) is 7.42. The zero-order valence-electron chi connectivity index (χ0n) is 17.7. The van der Waals surface area contributed by atoms with E-state index in [1.54, 1.807) is 42.5 Å². The number of carbonyl (C=O) groups is 2. The van der Waals surface area contributed by atoms with Crippen LogP contribution in [0.4, 0.5) is 0 Å². The van der Waals surface area contributed by atoms with Crippen molar-refractivity contribution in [3.63, 3.8) is 0 Å². The molecule has 0 aliphatic carbocycles. The summed E-state index contributed by atoms with van der Waals surface area (Å²) in [5, 5.41) is 0. The van der Waals surface area contributed by atoms with Crippen molar-refractivity contribution in [1.29, 1.82) is 0 Å². The minimum Gasteiger partial charge on any atom is -0.486 e. The second kappa shape index (κ2) is 8.54. The lowest BCUT2D eigenvalue weighted by atomic mass is 10.2. The van der Waals surface area contributed by atoms with Crippen molar-refractivity contribution in [3.05, 3.63) is 89.4 Å². The summed E-state index contributed by atoms with van der Waals surface area (Å²) in [6.07, 6.45) is 3.81. The number of hydrogen-bond acceptors (Lipinski definition) is 6. The number of aromatic nitrogens is 2. The molecular weight excluding hydrogens is 424 g/mol. The minimum atomic E-state index is -0.509. The fraction of sp³-hybridized carbons (Fsp3) is 0.125. The molecule has 2 aromatic heterocycles. The molecule has 2 aromatic carbocycles. The Morgan fingerprint density at radius 1 is 1.03 bits per heavy atom. The van der Waals surface area contributed by atoms with Gasteiger partial charge in [0.2, 0.25) is 6.79 Å². The Morgan fingerprint density at radius 3 is 2.73 bits per heavy atom. The van der Waals surface area contributed by atoms with Gasteiger partial charge in [-0.15, -0.1) is 0 Å². The number of amides is 2. The van der Waals surface area contributed by atoms with E-state index in [1.807, 2.05) is 35.9 Å². The Labute approximate surface area is 188 Å². The van der Waals surface area contributed by atoms with E-state index in [1.165, 1.54) is 0 Å². The van der Waals surface area contributed by atoms with Crippen LogP contribution in [-0.2, 0) is 6.61 Å². The van der Waals surface area contributed by atoms with Crippen LogP contribution >= 0.6 is 0 Å². The molecule has 166 valence electrons. The Bertz CT molecular complexity index is 1360. The van der Waals surface area contributed by atoms with E-state index >= 15 is 0 Å². The number of benzene rings is 2. The molecule has 9 heteroatoms. The van der Waals surface area contributed by atoms with Gasteiger partial charge in [-0.1, -0.05) is 18.2 Å². The van der Waals surface area contributed by atoms with Crippen LogP contribution < -0.4 is 25.1 Å². The average Bonchev–Trinajstić information content (AvgIpc) is 3.48. The summed E-state index contributed by atoms with van der Waals surface area (Å²) < 4.78 is 18.3. The lowest BCUT2D eigenvalue weighted by molar-refractivity contribution is 0.0844. The maximum Gasteiger partial charge on any atom is 0.273 e. The van der Waals surface area contributed by atoms with E-state index in [0.29, 0.717) is 22.8 Å². The van der Waals surface area contributed by atoms with E-state index in [9.17, 15) is 9.59 Å². The number of hydrogen-bond donors (Lipinski definition) is 2. The number of ether oxygens (including phenoxy) is 3. The lowest BCUT2D eigenvalue weighted by Crippen LogP contribution is -2.41. The quantitative estimate of drug-likeness (QED) is 0.459. The highest BCUT2D eigenvalue weighted by molar-refractivity contribution is 6.00. The van der Waals surface area contributed by atoms with Gasteiger partial charge < -0.3 is 18.6 Å². The number of hydrazine groups is 1. The van der Waals surface area contributed by atoms with Crippen LogP contribution in [0.5, 0.6) is 17.2 Å². The van der Waals surface area contributed by atoms with E-state index in [4.69, 9.17) is 14.2 Å². The molecule has 0 unspecified atom stereocenters. The lowest BCUT2D eigenvalue weighted by Gasteiger charge is -2.12. The van der Waals surface area contributed by atoms with Crippen molar-refractivity contribution in [2.75, 3.05) is 6.79 Å². The fourth-order valence-electron chi connectivity index (χ4n) is 3.50. The molecule has 1 aliphatic rings. The Hall–Kier alpha value is -4.53. The van der Waals surface area contributed by atoms with E-state index < -0.39 is 11.8 Å². The fourth-order valence-corrected chi connectivity index (χ4v) is 3.50. The monoisotopic (exact) mass is 444 g/mol. The summed E-state index contributed by atoms with van der Waals surface area (Å²) in [5.74, 6) is 0.434. The van der Waals surface area contributed by atoms with E-state index in [2.05, 4.69) is 15.8 Å². The highest BCUT2D eigenvalue weighted by Crippen LogP contribution is 2.32. The summed E-state index contributed by atoms with van der Waals surface area (Å²) in [4.78, 5) is 29.7. The molecular formula is C24H20N4O5. The Balaban J connectivity index is 1.24. The first-order valence-electron chi connectivity index (χ1n) is 10.2. The van der Waals surface area contributed by atoms with Crippen LogP contribution in [0.3, 0.4) is 0 Å². The number of fused-ring (bicyclic) bond motifs is 2. The van der Waals surface area contributed by atoms with Gasteiger partial charge in [0.15, 0.2) is 11.5 Å². The molecule has 2 N–H and O–H groups in total. The van der Waals surface area contributed by atoms with Gasteiger partial charge in [0.1, 0.15) is 18.0 Å². The molecule has 0 saturated carbocycles. The predicted octanol–water partition coefficient (Wildman–Crippen LogP) is 3.03. The first-order valence-corrected chi connectivity index (χ1v) is 10.2. The van der Waals surface area contributed by atoms with Crippen molar-refractivity contribution in [3.8, 4) is 17.2 Å². The highest BCUT2D eigenvalue weighted by Gasteiger charge is 2.18. The predicted molar refractivity (Wildman–Crippen MR) is 118 cm³/mol. The standard InChI is InChI=1S/C24H20N4O5/c1-15-5-4-10-28-12-17(25-22(15)28)13-31-19-7-3-2-6-18(19)24(30)27-26-23(29)16-8-9-20-21(11-16)33-14-32-20/h2-12H,13-14H2,1H3,(H,26,29)(H,27,30). The molecule has 4 aromatic rings. The molecule has 0 saturated heterocycles. The zero-order valence-corrected chi connectivity index (χ0v) is 17.7. The number of rotatable bonds is 5. The molecule has 0 spiro atoms. The zero-order chi connectivity index (χ0) is 22.8. The van der Waals surface area contributed by atoms with Gasteiger partial charge in [-0.05, 0) is 48.9 Å². The molecule has 3 heterocycles. The summed E-state index contributed by atoms with van der Waals surface area (Å²) in [5.41, 5.74) is 8.08. The smallest absolute Gasteiger partial charge is 0.273 e. The van der Waals surface area contributed by atoms with Gasteiger partial charge in [0.25, 0.3) is 11.8 Å². The van der Waals surface area contributed by atoms with Crippen LogP contribution in [0, 0.1) is 6.92 Å². The van der Waals surface area contributed by atoms with E-state index in [-0.39, 0.29) is 19.0 Å². The van der Waals surface area contributed by atoms with Crippen LogP contribution in [0.1, 0.15) is 32.0 Å². The van der Waals surface area contributed by atoms with Gasteiger partial charge in [0, 0.05) is 18.0 Å². The largest absolute Gasteiger partial charge is 0.486 e. The van der Waals surface area contributed by atoms with Crippen LogP contribution in [0.15, 0.2) is 67.0 Å². The van der Waals surface area contributed by atoms with Crippen molar-refractivity contribution >= 4 is 17.5 Å². The molecule has 5 rings (SSSR count). The number of nitrogens with one attached hydrogen (secondary N) is 2. The number of para-hydroxylation sites is 1. The maximum absolute atomic E-state index is 12.7. The molecule has 9 nitrogen and oxygen atoms in total. The van der Waals surface area contributed by atoms with Crippen LogP contribution in [0.25, 0.3) is 5.65 Å². The summed E-state index contributed by atoms with van der Waals surface area (Å²) in [7, 11) is 0. The molecule has 33 heavy (non-hydrogen) atoms. The van der Waals surface area contributed by atoms with E-state index in [0.717, 1.165) is 16.9 Å². The Kier molecular flexibility index (Phi) is 5.27. The number of imidazole rings is 1. The number of pyridine rings is 1. The summed E-state index contributed by atoms with van der Waals surface area (Å²) >= 11 is 0. The molecule has 0 radical (unpaired) electrons. The Morgan fingerprint density at radius 2 is 1.85 bits per heavy atom.